The minimum atomic E-state index is -3.73. The van der Waals surface area contributed by atoms with Crippen LogP contribution in [-0.2, 0) is 19.6 Å². The highest BCUT2D eigenvalue weighted by atomic mass is 35.5. The molecule has 0 amide bonds. The van der Waals surface area contributed by atoms with Crippen LogP contribution in [0.3, 0.4) is 0 Å². The number of hydrogen-bond acceptors (Lipinski definition) is 4. The highest BCUT2D eigenvalue weighted by Gasteiger charge is 2.20. The number of carboxylic acid groups (broad SMARTS) is 1. The van der Waals surface area contributed by atoms with Crippen molar-refractivity contribution in [2.45, 2.75) is 24.3 Å². The first-order valence-corrected chi connectivity index (χ1v) is 7.63. The summed E-state index contributed by atoms with van der Waals surface area (Å²) in [7, 11) is -2.40. The average Bonchev–Trinajstić information content (AvgIpc) is 2.33. The molecule has 1 aromatic rings. The molecule has 0 radical (unpaired) electrons. The lowest BCUT2D eigenvalue weighted by Gasteiger charge is -2.15. The molecule has 1 unspecified atom stereocenters. The van der Waals surface area contributed by atoms with Crippen LogP contribution in [0.2, 0.25) is 5.02 Å². The molecule has 0 spiro atoms. The van der Waals surface area contributed by atoms with Gasteiger partial charge in [0.1, 0.15) is 0 Å². The number of hydrogen-bond donors (Lipinski definition) is 2. The van der Waals surface area contributed by atoms with E-state index in [1.807, 2.05) is 0 Å². The minimum Gasteiger partial charge on any atom is -0.481 e. The Morgan fingerprint density at radius 2 is 2.15 bits per heavy atom. The fraction of sp³-hybridized carbons (Fsp3) is 0.417. The molecule has 0 aliphatic carbocycles. The Kier molecular flexibility index (Phi) is 5.94. The number of ether oxygens (including phenoxy) is 1. The van der Waals surface area contributed by atoms with Gasteiger partial charge < -0.3 is 9.84 Å². The van der Waals surface area contributed by atoms with Crippen LogP contribution in [0.5, 0.6) is 0 Å². The molecule has 1 rings (SSSR count). The van der Waals surface area contributed by atoms with Gasteiger partial charge in [0.15, 0.2) is 0 Å². The molecule has 0 fully saturated rings. The SMILES string of the molecule is COC(CNS(=O)(=O)c1ccc(Cl)cc1C)CC(=O)O. The molecule has 6 nitrogen and oxygen atoms in total. The van der Waals surface area contributed by atoms with E-state index in [1.54, 1.807) is 13.0 Å². The summed E-state index contributed by atoms with van der Waals surface area (Å²) in [6.07, 6.45) is -1.01. The molecule has 0 heterocycles. The van der Waals surface area contributed by atoms with E-state index in [0.29, 0.717) is 10.6 Å². The van der Waals surface area contributed by atoms with Crippen molar-refractivity contribution in [3.8, 4) is 0 Å². The Bertz CT molecular complexity index is 588. The Labute approximate surface area is 122 Å². The van der Waals surface area contributed by atoms with Gasteiger partial charge >= 0.3 is 5.97 Å². The summed E-state index contributed by atoms with van der Waals surface area (Å²) < 4.78 is 31.5. The zero-order valence-electron chi connectivity index (χ0n) is 11.1. The molecule has 0 aromatic heterocycles. The van der Waals surface area contributed by atoms with Crippen LogP contribution < -0.4 is 4.72 Å². The van der Waals surface area contributed by atoms with E-state index in [0.717, 1.165) is 0 Å². The van der Waals surface area contributed by atoms with Crippen molar-refractivity contribution in [2.24, 2.45) is 0 Å². The first kappa shape index (κ1) is 16.9. The number of benzene rings is 1. The third kappa shape index (κ3) is 4.75. The Morgan fingerprint density at radius 1 is 1.50 bits per heavy atom. The predicted molar refractivity (Wildman–Crippen MR) is 74.4 cm³/mol. The third-order valence-electron chi connectivity index (χ3n) is 2.66. The Balaban J connectivity index is 2.82. The van der Waals surface area contributed by atoms with Crippen LogP contribution in [-0.4, -0.2) is 39.3 Å². The van der Waals surface area contributed by atoms with Crippen molar-refractivity contribution in [2.75, 3.05) is 13.7 Å². The lowest BCUT2D eigenvalue weighted by Crippen LogP contribution is -2.34. The Hall–Kier alpha value is -1.15. The normalized spacial score (nSPS) is 13.2. The molecule has 0 saturated carbocycles. The van der Waals surface area contributed by atoms with Gasteiger partial charge in [0.2, 0.25) is 10.0 Å². The van der Waals surface area contributed by atoms with Crippen molar-refractivity contribution in [1.82, 2.24) is 4.72 Å². The van der Waals surface area contributed by atoms with Gasteiger partial charge in [-0.05, 0) is 30.7 Å². The smallest absolute Gasteiger partial charge is 0.306 e. The monoisotopic (exact) mass is 321 g/mol. The number of carboxylic acids is 1. The first-order valence-electron chi connectivity index (χ1n) is 5.76. The molecule has 1 aromatic carbocycles. The van der Waals surface area contributed by atoms with Gasteiger partial charge in [-0.2, -0.15) is 0 Å². The number of nitrogens with one attached hydrogen (secondary N) is 1. The van der Waals surface area contributed by atoms with Gasteiger partial charge in [-0.1, -0.05) is 11.6 Å². The van der Waals surface area contributed by atoms with E-state index in [9.17, 15) is 13.2 Å². The average molecular weight is 322 g/mol. The lowest BCUT2D eigenvalue weighted by atomic mass is 10.2. The van der Waals surface area contributed by atoms with Crippen LogP contribution >= 0.6 is 11.6 Å². The minimum absolute atomic E-state index is 0.104. The summed E-state index contributed by atoms with van der Waals surface area (Å²) in [5, 5.41) is 9.11. The highest BCUT2D eigenvalue weighted by Crippen LogP contribution is 2.19. The summed E-state index contributed by atoms with van der Waals surface area (Å²) in [4.78, 5) is 10.7. The maximum atomic E-state index is 12.1. The van der Waals surface area contributed by atoms with Crippen LogP contribution in [0.4, 0.5) is 0 Å². The van der Waals surface area contributed by atoms with Gasteiger partial charge in [0.25, 0.3) is 0 Å². The van der Waals surface area contributed by atoms with E-state index in [1.165, 1.54) is 19.2 Å². The topological polar surface area (TPSA) is 92.7 Å². The fourth-order valence-corrected chi connectivity index (χ4v) is 3.15. The number of aryl methyl sites for hydroxylation is 1. The second-order valence-corrected chi connectivity index (χ2v) is 6.39. The van der Waals surface area contributed by atoms with E-state index in [2.05, 4.69) is 4.72 Å². The van der Waals surface area contributed by atoms with Gasteiger partial charge in [-0.25, -0.2) is 13.1 Å². The summed E-state index contributed by atoms with van der Waals surface area (Å²) in [5.74, 6) is -1.06. The second kappa shape index (κ2) is 7.03. The molecule has 8 heteroatoms. The highest BCUT2D eigenvalue weighted by molar-refractivity contribution is 7.89. The number of aliphatic carboxylic acids is 1. The number of methoxy groups -OCH3 is 1. The van der Waals surface area contributed by atoms with Crippen molar-refractivity contribution in [3.63, 3.8) is 0 Å². The third-order valence-corrected chi connectivity index (χ3v) is 4.48. The van der Waals surface area contributed by atoms with Crippen molar-refractivity contribution in [3.05, 3.63) is 28.8 Å². The van der Waals surface area contributed by atoms with Crippen molar-refractivity contribution < 1.29 is 23.1 Å². The molecule has 0 aliphatic heterocycles. The molecule has 0 bridgehead atoms. The van der Waals surface area contributed by atoms with Crippen molar-refractivity contribution in [1.29, 1.82) is 0 Å². The molecular weight excluding hydrogens is 306 g/mol. The summed E-state index contributed by atoms with van der Waals surface area (Å²) >= 11 is 5.77. The van der Waals surface area contributed by atoms with Crippen LogP contribution in [0, 0.1) is 6.92 Å². The fourth-order valence-electron chi connectivity index (χ4n) is 1.63. The van der Waals surface area contributed by atoms with E-state index >= 15 is 0 Å². The molecule has 1 atom stereocenters. The number of carbonyl (C=O) groups is 1. The molecule has 2 N–H and O–H groups in total. The summed E-state index contributed by atoms with van der Waals surface area (Å²) in [6.45, 7) is 1.51. The van der Waals surface area contributed by atoms with E-state index in [4.69, 9.17) is 21.4 Å². The van der Waals surface area contributed by atoms with E-state index in [-0.39, 0.29) is 17.9 Å². The standard InChI is InChI=1S/C12H16ClNO5S/c1-8-5-9(13)3-4-11(8)20(17,18)14-7-10(19-2)6-12(15)16/h3-5,10,14H,6-7H2,1-2H3,(H,15,16). The molecule has 0 saturated heterocycles. The van der Waals surface area contributed by atoms with Gasteiger partial charge in [-0.15, -0.1) is 0 Å². The lowest BCUT2D eigenvalue weighted by molar-refractivity contribution is -0.139. The second-order valence-electron chi connectivity index (χ2n) is 4.22. The van der Waals surface area contributed by atoms with Crippen molar-refractivity contribution >= 4 is 27.6 Å². The zero-order chi connectivity index (χ0) is 15.3. The van der Waals surface area contributed by atoms with Crippen LogP contribution in [0.15, 0.2) is 23.1 Å². The van der Waals surface area contributed by atoms with Crippen LogP contribution in [0.1, 0.15) is 12.0 Å². The largest absolute Gasteiger partial charge is 0.481 e. The maximum absolute atomic E-state index is 12.1. The number of halogens is 1. The predicted octanol–water partition coefficient (Wildman–Crippen LogP) is 1.42. The van der Waals surface area contributed by atoms with Gasteiger partial charge in [0, 0.05) is 18.7 Å². The first-order chi connectivity index (χ1) is 9.26. The quantitative estimate of drug-likeness (QED) is 0.792. The molecular formula is C12H16ClNO5S. The maximum Gasteiger partial charge on any atom is 0.306 e. The zero-order valence-corrected chi connectivity index (χ0v) is 12.7. The molecule has 20 heavy (non-hydrogen) atoms. The summed E-state index contributed by atoms with van der Waals surface area (Å²) in [5.41, 5.74) is 0.511. The Morgan fingerprint density at radius 3 is 2.65 bits per heavy atom. The number of sulfonamides is 1. The van der Waals surface area contributed by atoms with Crippen LogP contribution in [0.25, 0.3) is 0 Å². The van der Waals surface area contributed by atoms with Gasteiger partial charge in [-0.3, -0.25) is 4.79 Å². The number of rotatable bonds is 7. The summed E-state index contributed by atoms with van der Waals surface area (Å²) in [6, 6.07) is 4.42. The van der Waals surface area contributed by atoms with E-state index < -0.39 is 22.1 Å². The van der Waals surface area contributed by atoms with Gasteiger partial charge in [0.05, 0.1) is 17.4 Å². The molecule has 0 aliphatic rings. The molecule has 112 valence electrons.